The number of halogens is 3. The number of hydrogen-bond donors (Lipinski definition) is 1. The lowest BCUT2D eigenvalue weighted by Gasteiger charge is -2.21. The molecule has 0 saturated carbocycles. The summed E-state index contributed by atoms with van der Waals surface area (Å²) in [6.45, 7) is 0.230. The lowest BCUT2D eigenvalue weighted by atomic mass is 10.2. The van der Waals surface area contributed by atoms with Crippen LogP contribution in [-0.2, 0) is 14.8 Å². The third kappa shape index (κ3) is 4.18. The Bertz CT molecular complexity index is 1170. The van der Waals surface area contributed by atoms with E-state index >= 15 is 0 Å². The molecule has 1 N–H and O–H groups in total. The molecule has 29 heavy (non-hydrogen) atoms. The van der Waals surface area contributed by atoms with Gasteiger partial charge in [0, 0.05) is 6.54 Å². The molecule has 1 aliphatic rings. The monoisotopic (exact) mass is 512 g/mol. The minimum Gasteiger partial charge on any atom is -0.403 e. The van der Waals surface area contributed by atoms with Gasteiger partial charge in [-0.2, -0.15) is 4.31 Å². The first-order valence-corrected chi connectivity index (χ1v) is 12.3. The number of carbonyl (C=O) groups excluding carboxylic acids is 1. The predicted octanol–water partition coefficient (Wildman–Crippen LogP) is 4.61. The summed E-state index contributed by atoms with van der Waals surface area (Å²) in [4.78, 5) is 12.7. The predicted molar refractivity (Wildman–Crippen MR) is 113 cm³/mol. The van der Waals surface area contributed by atoms with Crippen molar-refractivity contribution < 1.29 is 17.6 Å². The van der Waals surface area contributed by atoms with Gasteiger partial charge in [-0.05, 0) is 31.0 Å². The Kier molecular flexibility index (Phi) is 5.90. The largest absolute Gasteiger partial charge is 0.403 e. The number of nitrogens with zero attached hydrogens (tertiary/aromatic N) is 3. The zero-order valence-electron chi connectivity index (χ0n) is 14.3. The molecule has 1 saturated heterocycles. The van der Waals surface area contributed by atoms with Crippen LogP contribution in [0.3, 0.4) is 0 Å². The Morgan fingerprint density at radius 3 is 2.66 bits per heavy atom. The van der Waals surface area contributed by atoms with Gasteiger partial charge in [-0.3, -0.25) is 10.1 Å². The highest BCUT2D eigenvalue weighted by atomic mass is 35.5. The third-order valence-corrected chi connectivity index (χ3v) is 9.25. The maximum Gasteiger partial charge on any atom is 0.322 e. The van der Waals surface area contributed by atoms with Crippen LogP contribution in [0.1, 0.15) is 12.8 Å². The van der Waals surface area contributed by atoms with Crippen LogP contribution in [0.15, 0.2) is 26.8 Å². The van der Waals surface area contributed by atoms with Crippen molar-refractivity contribution >= 4 is 79.4 Å². The summed E-state index contributed by atoms with van der Waals surface area (Å²) < 4.78 is 33.6. The van der Waals surface area contributed by atoms with Crippen molar-refractivity contribution in [1.82, 2.24) is 14.5 Å². The van der Waals surface area contributed by atoms with E-state index in [0.29, 0.717) is 31.4 Å². The number of amides is 1. The molecular formula is C15H11Cl3N4O4S3. The van der Waals surface area contributed by atoms with E-state index in [1.807, 2.05) is 0 Å². The average molecular weight is 514 g/mol. The van der Waals surface area contributed by atoms with Crippen molar-refractivity contribution in [2.75, 3.05) is 11.9 Å². The van der Waals surface area contributed by atoms with Crippen LogP contribution >= 0.6 is 57.5 Å². The first-order chi connectivity index (χ1) is 13.8. The van der Waals surface area contributed by atoms with E-state index in [4.69, 9.17) is 39.2 Å². The summed E-state index contributed by atoms with van der Waals surface area (Å²) in [5, 5.41) is 10.1. The van der Waals surface area contributed by atoms with Gasteiger partial charge in [-0.15, -0.1) is 27.8 Å². The quantitative estimate of drug-likeness (QED) is 0.534. The van der Waals surface area contributed by atoms with Crippen LogP contribution in [0.5, 0.6) is 0 Å². The molecule has 1 amide bonds. The molecule has 4 rings (SSSR count). The Morgan fingerprint density at radius 2 is 2.00 bits per heavy atom. The van der Waals surface area contributed by atoms with Gasteiger partial charge in [-0.25, -0.2) is 8.42 Å². The first kappa shape index (κ1) is 21.0. The standard InChI is InChI=1S/C15H11Cl3N4O4S3/c16-9-3-4-11(27-9)29(24,25)22-5-1-2-8(22)13(23)19-15-21-20-14(26-15)7-6-10(17)28-12(7)18/h3-4,6,8H,1-2,5H2,(H,19,21,23). The van der Waals surface area contributed by atoms with E-state index in [9.17, 15) is 13.2 Å². The van der Waals surface area contributed by atoms with Gasteiger partial charge in [0.05, 0.1) is 14.2 Å². The van der Waals surface area contributed by atoms with E-state index in [0.717, 1.165) is 27.0 Å². The fourth-order valence-electron chi connectivity index (χ4n) is 2.90. The van der Waals surface area contributed by atoms with E-state index < -0.39 is 22.0 Å². The zero-order valence-corrected chi connectivity index (χ0v) is 19.0. The van der Waals surface area contributed by atoms with Crippen LogP contribution in [0, 0.1) is 0 Å². The van der Waals surface area contributed by atoms with Gasteiger partial charge in [0.25, 0.3) is 15.9 Å². The van der Waals surface area contributed by atoms with Gasteiger partial charge >= 0.3 is 6.01 Å². The fraction of sp³-hybridized carbons (Fsp3) is 0.267. The molecular weight excluding hydrogens is 503 g/mol. The maximum absolute atomic E-state index is 12.9. The minimum atomic E-state index is -3.84. The van der Waals surface area contributed by atoms with Crippen LogP contribution < -0.4 is 5.32 Å². The second kappa shape index (κ2) is 8.14. The molecule has 14 heteroatoms. The van der Waals surface area contributed by atoms with Crippen LogP contribution in [0.25, 0.3) is 11.5 Å². The maximum atomic E-state index is 12.9. The number of nitrogens with one attached hydrogen (secondary N) is 1. The molecule has 4 heterocycles. The Hall–Kier alpha value is -1.21. The summed E-state index contributed by atoms with van der Waals surface area (Å²) in [7, 11) is -3.84. The summed E-state index contributed by atoms with van der Waals surface area (Å²) in [5.41, 5.74) is 0.453. The Labute approximate surface area is 188 Å². The van der Waals surface area contributed by atoms with E-state index in [-0.39, 0.29) is 22.7 Å². The second-order valence-corrected chi connectivity index (χ2v) is 12.1. The summed E-state index contributed by atoms with van der Waals surface area (Å²) in [6, 6.07) is 3.45. The Morgan fingerprint density at radius 1 is 1.21 bits per heavy atom. The van der Waals surface area contributed by atoms with Crippen molar-refractivity contribution in [2.45, 2.75) is 23.1 Å². The smallest absolute Gasteiger partial charge is 0.322 e. The second-order valence-electron chi connectivity index (χ2n) is 5.97. The number of thiophene rings is 2. The lowest BCUT2D eigenvalue weighted by Crippen LogP contribution is -2.42. The average Bonchev–Trinajstić information content (AvgIpc) is 3.42. The van der Waals surface area contributed by atoms with Crippen molar-refractivity contribution in [3.63, 3.8) is 0 Å². The minimum absolute atomic E-state index is 0.0891. The highest BCUT2D eigenvalue weighted by Gasteiger charge is 2.40. The third-order valence-electron chi connectivity index (χ3n) is 4.16. The van der Waals surface area contributed by atoms with E-state index in [1.165, 1.54) is 12.1 Å². The highest BCUT2D eigenvalue weighted by molar-refractivity contribution is 7.91. The molecule has 1 unspecified atom stereocenters. The van der Waals surface area contributed by atoms with Crippen molar-refractivity contribution in [3.05, 3.63) is 31.2 Å². The summed E-state index contributed by atoms with van der Waals surface area (Å²) in [6.07, 6.45) is 0.922. The van der Waals surface area contributed by atoms with Crippen molar-refractivity contribution in [1.29, 1.82) is 0 Å². The van der Waals surface area contributed by atoms with Gasteiger partial charge in [-0.1, -0.05) is 39.9 Å². The summed E-state index contributed by atoms with van der Waals surface area (Å²) in [5.74, 6) is -0.462. The number of hydrogen-bond acceptors (Lipinski definition) is 8. The molecule has 3 aromatic rings. The highest BCUT2D eigenvalue weighted by Crippen LogP contribution is 2.38. The fourth-order valence-corrected chi connectivity index (χ4v) is 7.62. The number of carbonyl (C=O) groups is 1. The molecule has 8 nitrogen and oxygen atoms in total. The molecule has 0 spiro atoms. The normalized spacial score (nSPS) is 17.7. The summed E-state index contributed by atoms with van der Waals surface area (Å²) >= 11 is 19.9. The number of aromatic nitrogens is 2. The number of rotatable bonds is 5. The molecule has 3 aromatic heterocycles. The molecule has 1 atom stereocenters. The lowest BCUT2D eigenvalue weighted by molar-refractivity contribution is -0.119. The molecule has 154 valence electrons. The van der Waals surface area contributed by atoms with Crippen LogP contribution in [-0.4, -0.2) is 41.4 Å². The van der Waals surface area contributed by atoms with Gasteiger partial charge < -0.3 is 4.42 Å². The number of sulfonamides is 1. The van der Waals surface area contributed by atoms with Crippen LogP contribution in [0.4, 0.5) is 6.01 Å². The van der Waals surface area contributed by atoms with E-state index in [2.05, 4.69) is 15.5 Å². The molecule has 1 fully saturated rings. The van der Waals surface area contributed by atoms with Gasteiger partial charge in [0.1, 0.15) is 14.6 Å². The Balaban J connectivity index is 1.52. The molecule has 0 radical (unpaired) electrons. The van der Waals surface area contributed by atoms with E-state index in [1.54, 1.807) is 6.07 Å². The number of anilines is 1. The molecule has 0 aromatic carbocycles. The van der Waals surface area contributed by atoms with Gasteiger partial charge in [0.2, 0.25) is 5.91 Å². The van der Waals surface area contributed by atoms with Gasteiger partial charge in [0.15, 0.2) is 0 Å². The molecule has 0 bridgehead atoms. The zero-order chi connectivity index (χ0) is 20.8. The molecule has 1 aliphatic heterocycles. The van der Waals surface area contributed by atoms with Crippen molar-refractivity contribution in [2.24, 2.45) is 0 Å². The first-order valence-electron chi connectivity index (χ1n) is 8.12. The van der Waals surface area contributed by atoms with Crippen molar-refractivity contribution in [3.8, 4) is 11.5 Å². The topological polar surface area (TPSA) is 105 Å². The molecule has 0 aliphatic carbocycles. The van der Waals surface area contributed by atoms with Crippen LogP contribution in [0.2, 0.25) is 13.0 Å². The SMILES string of the molecule is O=C(Nc1nnc(-c2cc(Cl)sc2Cl)o1)C1CCCN1S(=O)(=O)c1ccc(Cl)s1.